The lowest BCUT2D eigenvalue weighted by molar-refractivity contribution is 0.109. The van der Waals surface area contributed by atoms with Crippen molar-refractivity contribution in [2.24, 2.45) is 0 Å². The van der Waals surface area contributed by atoms with E-state index >= 15 is 0 Å². The van der Waals surface area contributed by atoms with Crippen LogP contribution in [0, 0.1) is 0 Å². The molecule has 1 aliphatic heterocycles. The van der Waals surface area contributed by atoms with Gasteiger partial charge in [-0.2, -0.15) is 4.98 Å². The van der Waals surface area contributed by atoms with Crippen LogP contribution in [0.4, 0.5) is 17.5 Å². The second-order valence-corrected chi connectivity index (χ2v) is 8.90. The predicted molar refractivity (Wildman–Crippen MR) is 136 cm³/mol. The van der Waals surface area contributed by atoms with E-state index in [0.717, 1.165) is 62.9 Å². The number of hydrogen-bond acceptors (Lipinski definition) is 9. The lowest BCUT2D eigenvalue weighted by atomic mass is 10.2. The summed E-state index contributed by atoms with van der Waals surface area (Å²) >= 11 is 0. The number of fused-ring (bicyclic) bond motifs is 1. The van der Waals surface area contributed by atoms with Gasteiger partial charge >= 0.3 is 0 Å². The second kappa shape index (κ2) is 11.0. The summed E-state index contributed by atoms with van der Waals surface area (Å²) in [4.78, 5) is 29.5. The lowest BCUT2D eigenvalue weighted by Crippen LogP contribution is -2.43. The molecule has 2 N–H and O–H groups in total. The molecule has 1 aliphatic carbocycles. The monoisotopic (exact) mass is 479 g/mol. The van der Waals surface area contributed by atoms with Crippen molar-refractivity contribution in [1.82, 2.24) is 24.8 Å². The van der Waals surface area contributed by atoms with Gasteiger partial charge in [-0.3, -0.25) is 9.36 Å². The fourth-order valence-electron chi connectivity index (χ4n) is 4.80. The third-order valence-electron chi connectivity index (χ3n) is 6.59. The van der Waals surface area contributed by atoms with E-state index in [9.17, 15) is 4.79 Å². The molecular formula is C25H33N7O3. The van der Waals surface area contributed by atoms with Crippen molar-refractivity contribution in [1.29, 1.82) is 0 Å². The molecule has 35 heavy (non-hydrogen) atoms. The normalized spacial score (nSPS) is 16.7. The molecule has 0 radical (unpaired) electrons. The fourth-order valence-corrected chi connectivity index (χ4v) is 4.80. The molecule has 0 unspecified atom stereocenters. The van der Waals surface area contributed by atoms with Gasteiger partial charge in [0.1, 0.15) is 18.1 Å². The quantitative estimate of drug-likeness (QED) is 0.448. The molecule has 10 heteroatoms. The summed E-state index contributed by atoms with van der Waals surface area (Å²) in [5.74, 6) is 1.39. The van der Waals surface area contributed by atoms with E-state index in [1.165, 1.54) is 0 Å². The summed E-state index contributed by atoms with van der Waals surface area (Å²) in [5.41, 5.74) is 1.57. The van der Waals surface area contributed by atoms with Crippen LogP contribution in [-0.4, -0.2) is 65.5 Å². The van der Waals surface area contributed by atoms with Gasteiger partial charge in [0.05, 0.1) is 18.5 Å². The van der Waals surface area contributed by atoms with Gasteiger partial charge in [-0.25, -0.2) is 9.97 Å². The maximum atomic E-state index is 13.4. The van der Waals surface area contributed by atoms with E-state index in [1.807, 2.05) is 19.2 Å². The minimum Gasteiger partial charge on any atom is -0.485 e. The standard InChI is InChI=1S/C25H33N7O3/c1-2-34-13-14-35-21-15-18-16-28-25(30-23(18)32(24(21)33)19-5-3-4-6-19)29-22-8-7-20(17-27-22)31-11-9-26-10-12-31/h7-8,15-17,19,26H,2-6,9-14H2,1H3,(H,27,28,29,30). The zero-order valence-corrected chi connectivity index (χ0v) is 20.2. The fraction of sp³-hybridized carbons (Fsp3) is 0.520. The zero-order valence-electron chi connectivity index (χ0n) is 20.2. The molecule has 1 saturated heterocycles. The third kappa shape index (κ3) is 5.38. The minimum absolute atomic E-state index is 0.111. The molecule has 0 amide bonds. The van der Waals surface area contributed by atoms with Crippen LogP contribution in [0.25, 0.3) is 11.0 Å². The van der Waals surface area contributed by atoms with Crippen LogP contribution >= 0.6 is 0 Å². The highest BCUT2D eigenvalue weighted by Crippen LogP contribution is 2.31. The van der Waals surface area contributed by atoms with Gasteiger partial charge in [-0.05, 0) is 38.0 Å². The number of ether oxygens (including phenoxy) is 2. The van der Waals surface area contributed by atoms with Crippen molar-refractivity contribution in [2.45, 2.75) is 38.6 Å². The van der Waals surface area contributed by atoms with Crippen molar-refractivity contribution < 1.29 is 9.47 Å². The van der Waals surface area contributed by atoms with Gasteiger partial charge < -0.3 is 25.0 Å². The molecule has 3 aromatic rings. The van der Waals surface area contributed by atoms with Gasteiger partial charge in [0.15, 0.2) is 5.75 Å². The first-order valence-electron chi connectivity index (χ1n) is 12.5. The number of anilines is 3. The SMILES string of the molecule is CCOCCOc1cc2cnc(Nc3ccc(N4CCNCC4)cn3)nc2n(C2CCCC2)c1=O. The maximum Gasteiger partial charge on any atom is 0.294 e. The molecule has 0 atom stereocenters. The topological polar surface area (TPSA) is 106 Å². The van der Waals surface area contributed by atoms with E-state index < -0.39 is 0 Å². The maximum absolute atomic E-state index is 13.4. The smallest absolute Gasteiger partial charge is 0.294 e. The van der Waals surface area contributed by atoms with E-state index in [2.05, 4.69) is 31.6 Å². The highest BCUT2D eigenvalue weighted by atomic mass is 16.5. The van der Waals surface area contributed by atoms with Crippen molar-refractivity contribution >= 4 is 28.5 Å². The summed E-state index contributed by atoms with van der Waals surface area (Å²) in [6.07, 6.45) is 7.73. The summed E-state index contributed by atoms with van der Waals surface area (Å²) in [7, 11) is 0. The molecule has 10 nitrogen and oxygen atoms in total. The number of nitrogens with zero attached hydrogens (tertiary/aromatic N) is 5. The van der Waals surface area contributed by atoms with E-state index in [0.29, 0.717) is 43.0 Å². The number of aromatic nitrogens is 4. The number of piperazine rings is 1. The molecule has 186 valence electrons. The van der Waals surface area contributed by atoms with Crippen molar-refractivity contribution in [2.75, 3.05) is 56.2 Å². The van der Waals surface area contributed by atoms with E-state index in [1.54, 1.807) is 16.8 Å². The van der Waals surface area contributed by atoms with Crippen LogP contribution < -0.4 is 25.8 Å². The Morgan fingerprint density at radius 1 is 1.11 bits per heavy atom. The Bertz CT molecular complexity index is 1190. The van der Waals surface area contributed by atoms with Gasteiger partial charge in [-0.1, -0.05) is 12.8 Å². The largest absolute Gasteiger partial charge is 0.485 e. The molecule has 1 saturated carbocycles. The molecular weight excluding hydrogens is 446 g/mol. The molecule has 3 aromatic heterocycles. The Kier molecular flexibility index (Phi) is 7.39. The Labute approximate surface area is 204 Å². The van der Waals surface area contributed by atoms with Crippen LogP contribution in [0.2, 0.25) is 0 Å². The predicted octanol–water partition coefficient (Wildman–Crippen LogP) is 2.87. The first-order chi connectivity index (χ1) is 17.2. The highest BCUT2D eigenvalue weighted by Gasteiger charge is 2.23. The van der Waals surface area contributed by atoms with Crippen LogP contribution in [-0.2, 0) is 4.74 Å². The summed E-state index contributed by atoms with van der Waals surface area (Å²) in [6.45, 7) is 7.22. The average Bonchev–Trinajstić information content (AvgIpc) is 3.42. The minimum atomic E-state index is -0.149. The van der Waals surface area contributed by atoms with Gasteiger partial charge in [0.2, 0.25) is 5.95 Å². The van der Waals surface area contributed by atoms with Gasteiger partial charge in [-0.15, -0.1) is 0 Å². The number of nitrogens with one attached hydrogen (secondary N) is 2. The molecule has 0 spiro atoms. The van der Waals surface area contributed by atoms with Crippen LogP contribution in [0.15, 0.2) is 35.4 Å². The summed E-state index contributed by atoms with van der Waals surface area (Å²) in [6, 6.07) is 5.84. The average molecular weight is 480 g/mol. The third-order valence-corrected chi connectivity index (χ3v) is 6.59. The summed E-state index contributed by atoms with van der Waals surface area (Å²) in [5, 5.41) is 7.33. The molecule has 4 heterocycles. The molecule has 2 aliphatic rings. The Morgan fingerprint density at radius 2 is 1.94 bits per heavy atom. The van der Waals surface area contributed by atoms with Crippen LogP contribution in [0.1, 0.15) is 38.6 Å². The van der Waals surface area contributed by atoms with E-state index in [4.69, 9.17) is 14.5 Å². The summed E-state index contributed by atoms with van der Waals surface area (Å²) < 4.78 is 12.9. The first kappa shape index (κ1) is 23.5. The molecule has 0 bridgehead atoms. The van der Waals surface area contributed by atoms with Crippen molar-refractivity contribution in [3.8, 4) is 5.75 Å². The zero-order chi connectivity index (χ0) is 24.0. The Balaban J connectivity index is 1.41. The van der Waals surface area contributed by atoms with Crippen LogP contribution in [0.5, 0.6) is 5.75 Å². The Hall–Kier alpha value is -3.24. The number of hydrogen-bond donors (Lipinski definition) is 2. The lowest BCUT2D eigenvalue weighted by Gasteiger charge is -2.29. The van der Waals surface area contributed by atoms with Crippen molar-refractivity contribution in [3.05, 3.63) is 40.9 Å². The highest BCUT2D eigenvalue weighted by molar-refractivity contribution is 5.77. The molecule has 5 rings (SSSR count). The second-order valence-electron chi connectivity index (χ2n) is 8.90. The molecule has 0 aromatic carbocycles. The van der Waals surface area contributed by atoms with Gasteiger partial charge in [0.25, 0.3) is 5.56 Å². The van der Waals surface area contributed by atoms with Crippen molar-refractivity contribution in [3.63, 3.8) is 0 Å². The van der Waals surface area contributed by atoms with Crippen LogP contribution in [0.3, 0.4) is 0 Å². The van der Waals surface area contributed by atoms with E-state index in [-0.39, 0.29) is 11.6 Å². The molecule has 2 fully saturated rings. The number of rotatable bonds is 9. The first-order valence-corrected chi connectivity index (χ1v) is 12.5. The van der Waals surface area contributed by atoms with Gasteiger partial charge in [0, 0.05) is 50.4 Å². The Morgan fingerprint density at radius 3 is 2.69 bits per heavy atom. The number of pyridine rings is 2.